The van der Waals surface area contributed by atoms with E-state index in [1.54, 1.807) is 27.4 Å². The van der Waals surface area contributed by atoms with E-state index in [1.165, 1.54) is 17.7 Å². The van der Waals surface area contributed by atoms with Crippen molar-refractivity contribution in [2.45, 2.75) is 50.7 Å². The molecule has 2 fully saturated rings. The summed E-state index contributed by atoms with van der Waals surface area (Å²) in [5.41, 5.74) is 7.90. The molecule has 1 saturated carbocycles. The van der Waals surface area contributed by atoms with E-state index in [2.05, 4.69) is 44.0 Å². The maximum Gasteiger partial charge on any atom is 0.164 e. The van der Waals surface area contributed by atoms with E-state index in [1.807, 2.05) is 48.9 Å². The number of nitrogens with zero attached hydrogens (tertiary/aromatic N) is 4. The van der Waals surface area contributed by atoms with Gasteiger partial charge in [0.2, 0.25) is 0 Å². The number of ether oxygens (including phenoxy) is 3. The summed E-state index contributed by atoms with van der Waals surface area (Å²) >= 11 is 0. The van der Waals surface area contributed by atoms with Crippen molar-refractivity contribution >= 4 is 5.69 Å². The first-order valence-corrected chi connectivity index (χ1v) is 17.2. The molecule has 258 valence electrons. The summed E-state index contributed by atoms with van der Waals surface area (Å²) in [6.07, 6.45) is 9.60. The third-order valence-electron chi connectivity index (χ3n) is 9.83. The lowest BCUT2D eigenvalue weighted by atomic mass is 9.98. The molecule has 1 saturated heterocycles. The third-order valence-corrected chi connectivity index (χ3v) is 9.83. The summed E-state index contributed by atoms with van der Waals surface area (Å²) in [5.74, 6) is 1.07. The predicted molar refractivity (Wildman–Crippen MR) is 192 cm³/mol. The van der Waals surface area contributed by atoms with E-state index in [9.17, 15) is 8.78 Å². The molecule has 3 aromatic carbocycles. The molecule has 50 heavy (non-hydrogen) atoms. The van der Waals surface area contributed by atoms with E-state index in [0.717, 1.165) is 90.3 Å². The lowest BCUT2D eigenvalue weighted by Crippen LogP contribution is -2.44. The average Bonchev–Trinajstić information content (AvgIpc) is 4.01. The number of pyridine rings is 2. The Hall–Kier alpha value is -5.02. The molecule has 5 aromatic rings. The van der Waals surface area contributed by atoms with Crippen molar-refractivity contribution in [3.8, 4) is 39.6 Å². The third kappa shape index (κ3) is 7.43. The predicted octanol–water partition coefficient (Wildman–Crippen LogP) is 8.66. The Morgan fingerprint density at radius 3 is 2.34 bits per heavy atom. The van der Waals surface area contributed by atoms with Crippen molar-refractivity contribution in [3.05, 3.63) is 120 Å². The first kappa shape index (κ1) is 33.5. The van der Waals surface area contributed by atoms with Gasteiger partial charge >= 0.3 is 0 Å². The van der Waals surface area contributed by atoms with Gasteiger partial charge in [0.1, 0.15) is 5.75 Å². The zero-order valence-electron chi connectivity index (χ0n) is 28.7. The minimum absolute atomic E-state index is 0.132. The molecule has 1 aliphatic carbocycles. The maximum atomic E-state index is 14.6. The molecular formula is C41H42F2N4O3. The number of aromatic nitrogens is 2. The van der Waals surface area contributed by atoms with Crippen LogP contribution in [0.5, 0.6) is 17.2 Å². The van der Waals surface area contributed by atoms with Gasteiger partial charge in [-0.1, -0.05) is 12.1 Å². The fourth-order valence-electron chi connectivity index (χ4n) is 7.04. The van der Waals surface area contributed by atoms with Crippen LogP contribution in [0.1, 0.15) is 48.3 Å². The smallest absolute Gasteiger partial charge is 0.164 e. The van der Waals surface area contributed by atoms with Gasteiger partial charge in [0.15, 0.2) is 23.1 Å². The van der Waals surface area contributed by atoms with Crippen molar-refractivity contribution in [1.82, 2.24) is 14.9 Å². The molecule has 0 spiro atoms. The highest BCUT2D eigenvalue weighted by Gasteiger charge is 2.30. The number of hydrogen-bond donors (Lipinski definition) is 0. The molecule has 0 N–H and O–H groups in total. The molecule has 0 bridgehead atoms. The van der Waals surface area contributed by atoms with Crippen LogP contribution >= 0.6 is 0 Å². The molecule has 1 aliphatic heterocycles. The number of methoxy groups -OCH3 is 3. The molecular weight excluding hydrogens is 634 g/mol. The second-order valence-electron chi connectivity index (χ2n) is 13.2. The number of likely N-dealkylation sites (tertiary alicyclic amines) is 1. The van der Waals surface area contributed by atoms with Crippen LogP contribution in [-0.2, 0) is 13.1 Å². The van der Waals surface area contributed by atoms with Gasteiger partial charge in [-0.25, -0.2) is 8.78 Å². The highest BCUT2D eigenvalue weighted by atomic mass is 19.2. The fraction of sp³-hybridized carbons (Fsp3) is 0.317. The van der Waals surface area contributed by atoms with Gasteiger partial charge in [-0.2, -0.15) is 0 Å². The quantitative estimate of drug-likeness (QED) is 0.131. The van der Waals surface area contributed by atoms with E-state index in [0.29, 0.717) is 23.9 Å². The monoisotopic (exact) mass is 676 g/mol. The Bertz CT molecular complexity index is 1960. The Morgan fingerprint density at radius 2 is 1.60 bits per heavy atom. The molecule has 0 unspecified atom stereocenters. The average molecular weight is 677 g/mol. The Labute approximate surface area is 292 Å². The van der Waals surface area contributed by atoms with Crippen LogP contribution in [0.3, 0.4) is 0 Å². The summed E-state index contributed by atoms with van der Waals surface area (Å²) < 4.78 is 45.5. The molecule has 0 amide bonds. The first-order valence-electron chi connectivity index (χ1n) is 17.2. The van der Waals surface area contributed by atoms with E-state index in [-0.39, 0.29) is 6.04 Å². The van der Waals surface area contributed by atoms with Crippen LogP contribution in [0, 0.1) is 11.6 Å². The van der Waals surface area contributed by atoms with Crippen LogP contribution < -0.4 is 19.1 Å². The van der Waals surface area contributed by atoms with Crippen molar-refractivity contribution in [3.63, 3.8) is 0 Å². The first-order chi connectivity index (χ1) is 24.4. The van der Waals surface area contributed by atoms with Gasteiger partial charge in [0.05, 0.1) is 27.0 Å². The van der Waals surface area contributed by atoms with Crippen LogP contribution in [0.4, 0.5) is 14.5 Å². The molecule has 2 aliphatic rings. The molecule has 7 rings (SSSR count). The van der Waals surface area contributed by atoms with Gasteiger partial charge in [-0.05, 0) is 103 Å². The van der Waals surface area contributed by atoms with Crippen molar-refractivity contribution in [1.29, 1.82) is 0 Å². The zero-order valence-corrected chi connectivity index (χ0v) is 28.7. The Balaban J connectivity index is 1.09. The maximum absolute atomic E-state index is 14.6. The topological polar surface area (TPSA) is 60.0 Å². The van der Waals surface area contributed by atoms with Gasteiger partial charge in [0.25, 0.3) is 0 Å². The second kappa shape index (κ2) is 14.8. The summed E-state index contributed by atoms with van der Waals surface area (Å²) in [6.45, 7) is 3.05. The number of halogens is 2. The van der Waals surface area contributed by atoms with Gasteiger partial charge in [-0.15, -0.1) is 0 Å². The van der Waals surface area contributed by atoms with E-state index < -0.39 is 11.6 Å². The number of anilines is 1. The molecule has 2 aromatic heterocycles. The minimum atomic E-state index is -0.849. The minimum Gasteiger partial charge on any atom is -0.497 e. The van der Waals surface area contributed by atoms with Gasteiger partial charge < -0.3 is 19.1 Å². The normalized spacial score (nSPS) is 15.1. The number of benzene rings is 3. The number of rotatable bonds is 12. The Morgan fingerprint density at radius 1 is 0.760 bits per heavy atom. The summed E-state index contributed by atoms with van der Waals surface area (Å²) in [7, 11) is 5.01. The summed E-state index contributed by atoms with van der Waals surface area (Å²) in [6, 6.07) is 22.8. The van der Waals surface area contributed by atoms with Gasteiger partial charge in [0, 0.05) is 79.3 Å². The van der Waals surface area contributed by atoms with Crippen molar-refractivity contribution in [2.24, 2.45) is 0 Å². The highest BCUT2D eigenvalue weighted by Crippen LogP contribution is 2.49. The zero-order chi connectivity index (χ0) is 34.6. The molecule has 9 heteroatoms. The van der Waals surface area contributed by atoms with Gasteiger partial charge in [-0.3, -0.25) is 14.9 Å². The molecule has 0 radical (unpaired) electrons. The van der Waals surface area contributed by atoms with Crippen LogP contribution in [0.25, 0.3) is 22.4 Å². The summed E-state index contributed by atoms with van der Waals surface area (Å²) in [5, 5.41) is 0. The second-order valence-corrected chi connectivity index (χ2v) is 13.2. The lowest BCUT2D eigenvalue weighted by molar-refractivity contribution is 0.201. The van der Waals surface area contributed by atoms with Crippen molar-refractivity contribution in [2.75, 3.05) is 39.3 Å². The van der Waals surface area contributed by atoms with Crippen molar-refractivity contribution < 1.29 is 23.0 Å². The highest BCUT2D eigenvalue weighted by molar-refractivity contribution is 5.70. The number of piperidine rings is 1. The largest absolute Gasteiger partial charge is 0.497 e. The van der Waals surface area contributed by atoms with E-state index >= 15 is 0 Å². The number of hydrogen-bond acceptors (Lipinski definition) is 7. The SMILES string of the molecule is COc1cccc(-c2cc(CN3CCC(N(Cc4cncc(-c5cc(OC)c(OC)c(C6CC6)c5)c4)c4ccc(F)c(F)c4)CC3)ccn2)c1. The fourth-order valence-corrected chi connectivity index (χ4v) is 7.04. The summed E-state index contributed by atoms with van der Waals surface area (Å²) in [4.78, 5) is 13.9. The Kier molecular flexibility index (Phi) is 9.94. The standard InChI is InChI=1S/C41H42F2N4O3/c1-48-35-6-4-5-30(19-35)39-18-27(11-14-45-39)25-46-15-12-33(13-16-46)47(34-9-10-37(42)38(43)22-34)26-28-17-32(24-44-23-28)31-20-36(29-7-8-29)41(50-3)40(21-31)49-2/h4-6,9-11,14,17-24,29,33H,7-8,12-13,15-16,25-26H2,1-3H3. The van der Waals surface area contributed by atoms with Crippen LogP contribution in [0.15, 0.2) is 91.4 Å². The van der Waals surface area contributed by atoms with Crippen LogP contribution in [0.2, 0.25) is 0 Å². The molecule has 3 heterocycles. The van der Waals surface area contributed by atoms with E-state index in [4.69, 9.17) is 14.2 Å². The molecule has 0 atom stereocenters. The lowest BCUT2D eigenvalue weighted by Gasteiger charge is -2.40. The van der Waals surface area contributed by atoms with Crippen LogP contribution in [-0.4, -0.2) is 55.3 Å². The molecule has 7 nitrogen and oxygen atoms in total.